The van der Waals surface area contributed by atoms with E-state index in [9.17, 15) is 23.8 Å². The lowest BCUT2D eigenvalue weighted by Crippen LogP contribution is -2.34. The van der Waals surface area contributed by atoms with E-state index in [1.807, 2.05) is 30.4 Å². The Morgan fingerprint density at radius 1 is 0.569 bits per heavy atom. The summed E-state index contributed by atoms with van der Waals surface area (Å²) in [7, 11) is -4.76. The zero-order valence-corrected chi connectivity index (χ0v) is 36.8. The van der Waals surface area contributed by atoms with Gasteiger partial charge in [0.15, 0.2) is 6.10 Å². The van der Waals surface area contributed by atoms with Gasteiger partial charge in [-0.25, -0.2) is 9.36 Å². The average Bonchev–Trinajstić information content (AvgIpc) is 3.20. The maximum Gasteiger partial charge on any atom is 0.472 e. The van der Waals surface area contributed by atoms with Gasteiger partial charge in [-0.2, -0.15) is 0 Å². The number of allylic oxidation sites excluding steroid dienone is 11. The quantitative estimate of drug-likeness (QED) is 0.0176. The monoisotopic (exact) mass is 836 g/mol. The van der Waals surface area contributed by atoms with Crippen molar-refractivity contribution in [2.75, 3.05) is 19.8 Å². The molecule has 0 spiro atoms. The van der Waals surface area contributed by atoms with Crippen molar-refractivity contribution in [1.82, 2.24) is 0 Å². The number of rotatable bonds is 40. The van der Waals surface area contributed by atoms with Gasteiger partial charge < -0.3 is 25.2 Å². The van der Waals surface area contributed by atoms with Crippen molar-refractivity contribution >= 4 is 25.7 Å². The predicted molar refractivity (Wildman–Crippen MR) is 235 cm³/mol. The van der Waals surface area contributed by atoms with E-state index in [2.05, 4.69) is 30.5 Å². The Hall–Kier alpha value is -3.08. The van der Waals surface area contributed by atoms with E-state index in [0.717, 1.165) is 31.8 Å². The third-order valence-electron chi connectivity index (χ3n) is 9.20. The first-order valence-corrected chi connectivity index (χ1v) is 23.6. The molecule has 0 amide bonds. The van der Waals surface area contributed by atoms with E-state index in [4.69, 9.17) is 24.8 Å². The van der Waals surface area contributed by atoms with Crippen LogP contribution in [0.25, 0.3) is 0 Å². The number of esters is 2. The van der Waals surface area contributed by atoms with Crippen molar-refractivity contribution in [3.63, 3.8) is 0 Å². The fraction of sp³-hybridized carbons (Fsp3) is 0.674. The average molecular weight is 836 g/mol. The molecule has 1 unspecified atom stereocenters. The lowest BCUT2D eigenvalue weighted by Gasteiger charge is -2.19. The number of ether oxygens (including phenoxy) is 2. The third-order valence-corrected chi connectivity index (χ3v) is 10.1. The van der Waals surface area contributed by atoms with Gasteiger partial charge in [-0.05, 0) is 19.3 Å². The first-order valence-electron chi connectivity index (χ1n) is 22.1. The molecule has 0 aromatic heterocycles. The van der Waals surface area contributed by atoms with Gasteiger partial charge in [-0.3, -0.25) is 18.6 Å². The van der Waals surface area contributed by atoms with Gasteiger partial charge in [0.2, 0.25) is 0 Å². The molecule has 0 aromatic rings. The van der Waals surface area contributed by atoms with Crippen LogP contribution in [0.5, 0.6) is 0 Å². The topological polar surface area (TPSA) is 172 Å². The van der Waals surface area contributed by atoms with Gasteiger partial charge in [-0.1, -0.05) is 209 Å². The van der Waals surface area contributed by atoms with Gasteiger partial charge in [-0.15, -0.1) is 0 Å². The summed E-state index contributed by atoms with van der Waals surface area (Å²) in [5.74, 6) is -2.71. The van der Waals surface area contributed by atoms with Crippen LogP contribution in [0, 0.1) is 0 Å². The Morgan fingerprint density at radius 2 is 0.983 bits per heavy atom. The van der Waals surface area contributed by atoms with Gasteiger partial charge in [0.25, 0.3) is 0 Å². The van der Waals surface area contributed by atoms with E-state index in [-0.39, 0.29) is 6.42 Å². The molecule has 0 heterocycles. The largest absolute Gasteiger partial charge is 0.480 e. The van der Waals surface area contributed by atoms with Gasteiger partial charge in [0.05, 0.1) is 13.2 Å². The lowest BCUT2D eigenvalue weighted by atomic mass is 10.0. The highest BCUT2D eigenvalue weighted by Gasteiger charge is 2.27. The summed E-state index contributed by atoms with van der Waals surface area (Å²) in [6.45, 7) is 2.62. The molecule has 0 saturated heterocycles. The number of phosphoric ester groups is 1. The molecule has 58 heavy (non-hydrogen) atoms. The van der Waals surface area contributed by atoms with Gasteiger partial charge in [0, 0.05) is 12.5 Å². The standard InChI is InChI=1S/C46H78NO10P/c1-3-5-7-9-11-13-15-17-19-20-21-22-24-26-28-30-32-34-36-38-45(49)57-42(40-55-58(52,53)56-41-43(47)46(50)51)39-54-44(48)37-35-33-31-29-27-25-23-18-16-14-12-10-8-6-4-2/h19-22,24,26,28,30,32,34,36,38,42-43H,3-18,23,25,27,29,31,33,35,37,39-41,47H2,1-2H3,(H,50,51)(H,52,53)/t42-,43+/m1/s1. The molecular weight excluding hydrogens is 757 g/mol. The first-order chi connectivity index (χ1) is 28.1. The van der Waals surface area contributed by atoms with E-state index < -0.39 is 57.7 Å². The number of nitrogens with two attached hydrogens (primary N) is 1. The van der Waals surface area contributed by atoms with Crippen LogP contribution in [0.3, 0.4) is 0 Å². The number of carbonyl (C=O) groups excluding carboxylic acids is 2. The van der Waals surface area contributed by atoms with Gasteiger partial charge >= 0.3 is 25.7 Å². The summed E-state index contributed by atoms with van der Waals surface area (Å²) < 4.78 is 32.4. The van der Waals surface area contributed by atoms with Gasteiger partial charge in [0.1, 0.15) is 12.6 Å². The molecule has 12 heteroatoms. The molecule has 11 nitrogen and oxygen atoms in total. The van der Waals surface area contributed by atoms with E-state index in [0.29, 0.717) is 6.42 Å². The number of phosphoric acid groups is 1. The SMILES string of the molecule is CCCCCCCCCC=CC=CC=CC=CC=CC=CC(=O)O[C@H](COC(=O)CCCCCCCCCCCCCCCCC)COP(=O)(O)OC[C@H](N)C(=O)O. The summed E-state index contributed by atoms with van der Waals surface area (Å²) in [6, 6.07) is -1.55. The summed E-state index contributed by atoms with van der Waals surface area (Å²) in [4.78, 5) is 45.8. The maximum atomic E-state index is 12.5. The molecule has 0 aliphatic carbocycles. The van der Waals surface area contributed by atoms with E-state index in [1.54, 1.807) is 18.2 Å². The van der Waals surface area contributed by atoms with Crippen molar-refractivity contribution in [2.45, 2.75) is 180 Å². The minimum atomic E-state index is -4.76. The van der Waals surface area contributed by atoms with Crippen molar-refractivity contribution in [3.8, 4) is 0 Å². The Kier molecular flexibility index (Phi) is 38.5. The summed E-state index contributed by atoms with van der Waals surface area (Å²) >= 11 is 0. The molecule has 332 valence electrons. The van der Waals surface area contributed by atoms with Crippen LogP contribution in [0.2, 0.25) is 0 Å². The van der Waals surface area contributed by atoms with Crippen LogP contribution in [0.15, 0.2) is 72.9 Å². The Labute approximate surface area is 350 Å². The van der Waals surface area contributed by atoms with Crippen LogP contribution in [-0.2, 0) is 37.5 Å². The Bertz CT molecular complexity index is 1260. The fourth-order valence-corrected chi connectivity index (χ4v) is 6.50. The van der Waals surface area contributed by atoms with E-state index in [1.165, 1.54) is 122 Å². The van der Waals surface area contributed by atoms with Crippen LogP contribution in [-0.4, -0.2) is 59.9 Å². The maximum absolute atomic E-state index is 12.5. The molecule has 0 saturated carbocycles. The fourth-order valence-electron chi connectivity index (χ4n) is 5.72. The number of hydrogen-bond acceptors (Lipinski definition) is 9. The van der Waals surface area contributed by atoms with E-state index >= 15 is 0 Å². The summed E-state index contributed by atoms with van der Waals surface area (Å²) in [5, 5.41) is 8.88. The number of aliphatic carboxylic acids is 1. The molecule has 0 radical (unpaired) electrons. The Balaban J connectivity index is 4.61. The normalized spacial score (nSPS) is 14.4. The zero-order chi connectivity index (χ0) is 42.8. The summed E-state index contributed by atoms with van der Waals surface area (Å²) in [5.41, 5.74) is 5.32. The first kappa shape index (κ1) is 54.9. The zero-order valence-electron chi connectivity index (χ0n) is 35.9. The lowest BCUT2D eigenvalue weighted by molar-refractivity contribution is -0.157. The second-order valence-corrected chi connectivity index (χ2v) is 16.1. The van der Waals surface area contributed by atoms with Crippen molar-refractivity contribution in [1.29, 1.82) is 0 Å². The highest BCUT2D eigenvalue weighted by Crippen LogP contribution is 2.43. The number of carboxylic acids is 1. The van der Waals surface area contributed by atoms with Crippen LogP contribution >= 0.6 is 7.82 Å². The molecule has 0 aromatic carbocycles. The molecular formula is C46H78NO10P. The highest BCUT2D eigenvalue weighted by molar-refractivity contribution is 7.47. The molecule has 0 rings (SSSR count). The second kappa shape index (κ2) is 40.7. The molecule has 0 bridgehead atoms. The van der Waals surface area contributed by atoms with Crippen molar-refractivity contribution in [2.24, 2.45) is 5.73 Å². The number of carbonyl (C=O) groups is 3. The molecule has 3 atom stereocenters. The highest BCUT2D eigenvalue weighted by atomic mass is 31.2. The van der Waals surface area contributed by atoms with Crippen LogP contribution in [0.1, 0.15) is 168 Å². The molecule has 4 N–H and O–H groups in total. The summed E-state index contributed by atoms with van der Waals surface area (Å²) in [6.07, 6.45) is 49.0. The van der Waals surface area contributed by atoms with Crippen LogP contribution < -0.4 is 5.73 Å². The minimum absolute atomic E-state index is 0.189. The smallest absolute Gasteiger partial charge is 0.472 e. The third kappa shape index (κ3) is 39.7. The molecule has 0 aliphatic heterocycles. The number of hydrogen-bond donors (Lipinski definition) is 3. The molecule has 0 fully saturated rings. The van der Waals surface area contributed by atoms with Crippen molar-refractivity contribution in [3.05, 3.63) is 72.9 Å². The molecule has 0 aliphatic rings. The predicted octanol–water partition coefficient (Wildman–Crippen LogP) is 11.7. The number of carboxylic acid groups (broad SMARTS) is 1. The Morgan fingerprint density at radius 3 is 1.47 bits per heavy atom. The minimum Gasteiger partial charge on any atom is -0.480 e. The van der Waals surface area contributed by atoms with Crippen LogP contribution in [0.4, 0.5) is 0 Å². The number of unbranched alkanes of at least 4 members (excludes halogenated alkanes) is 21. The van der Waals surface area contributed by atoms with Crippen molar-refractivity contribution < 1.29 is 47.5 Å². The second-order valence-electron chi connectivity index (χ2n) is 14.7.